The predicted molar refractivity (Wildman–Crippen MR) is 80.1 cm³/mol. The van der Waals surface area contributed by atoms with Crippen LogP contribution in [-0.4, -0.2) is 11.7 Å². The van der Waals surface area contributed by atoms with E-state index in [1.165, 1.54) is 6.92 Å². The van der Waals surface area contributed by atoms with Crippen molar-refractivity contribution in [2.45, 2.75) is 20.8 Å². The fourth-order valence-electron chi connectivity index (χ4n) is 2.04. The Morgan fingerprint density at radius 2 is 1.55 bits per heavy atom. The highest BCUT2D eigenvalue weighted by molar-refractivity contribution is 6.13. The molecule has 20 heavy (non-hydrogen) atoms. The Kier molecular flexibility index (Phi) is 3.99. The zero-order chi connectivity index (χ0) is 14.7. The zero-order valence-corrected chi connectivity index (χ0v) is 11.9. The SMILES string of the molecule is CC(=O)Nc1cc(C)c(C)cc1C(=O)c1ccccc1. The molecule has 0 aliphatic rings. The zero-order valence-electron chi connectivity index (χ0n) is 11.9. The van der Waals surface area contributed by atoms with E-state index in [0.29, 0.717) is 16.8 Å². The van der Waals surface area contributed by atoms with Crippen LogP contribution in [0.1, 0.15) is 34.0 Å². The second-order valence-electron chi connectivity index (χ2n) is 4.86. The number of ketones is 1. The number of rotatable bonds is 3. The van der Waals surface area contributed by atoms with Gasteiger partial charge in [0, 0.05) is 18.1 Å². The van der Waals surface area contributed by atoms with Crippen LogP contribution in [0.15, 0.2) is 42.5 Å². The highest BCUT2D eigenvalue weighted by Gasteiger charge is 2.15. The van der Waals surface area contributed by atoms with Gasteiger partial charge in [0.25, 0.3) is 0 Å². The number of carbonyl (C=O) groups is 2. The summed E-state index contributed by atoms with van der Waals surface area (Å²) in [6.07, 6.45) is 0. The molecule has 1 N–H and O–H groups in total. The van der Waals surface area contributed by atoms with Crippen molar-refractivity contribution < 1.29 is 9.59 Å². The first kappa shape index (κ1) is 14.0. The molecule has 2 aromatic carbocycles. The summed E-state index contributed by atoms with van der Waals surface area (Å²) < 4.78 is 0. The number of aryl methyl sites for hydroxylation is 2. The van der Waals surface area contributed by atoms with Gasteiger partial charge in [0.2, 0.25) is 5.91 Å². The van der Waals surface area contributed by atoms with E-state index in [1.54, 1.807) is 12.1 Å². The van der Waals surface area contributed by atoms with Crippen molar-refractivity contribution in [2.24, 2.45) is 0 Å². The summed E-state index contributed by atoms with van der Waals surface area (Å²) in [6.45, 7) is 5.35. The van der Waals surface area contributed by atoms with E-state index in [4.69, 9.17) is 0 Å². The van der Waals surface area contributed by atoms with Crippen LogP contribution in [-0.2, 0) is 4.79 Å². The highest BCUT2D eigenvalue weighted by atomic mass is 16.1. The van der Waals surface area contributed by atoms with Gasteiger partial charge in [-0.2, -0.15) is 0 Å². The van der Waals surface area contributed by atoms with Gasteiger partial charge >= 0.3 is 0 Å². The number of benzene rings is 2. The van der Waals surface area contributed by atoms with Gasteiger partial charge < -0.3 is 5.32 Å². The van der Waals surface area contributed by atoms with E-state index in [-0.39, 0.29) is 11.7 Å². The maximum absolute atomic E-state index is 12.6. The largest absolute Gasteiger partial charge is 0.326 e. The average Bonchev–Trinajstić information content (AvgIpc) is 2.42. The predicted octanol–water partition coefficient (Wildman–Crippen LogP) is 3.49. The first-order valence-electron chi connectivity index (χ1n) is 6.47. The number of hydrogen-bond acceptors (Lipinski definition) is 2. The van der Waals surface area contributed by atoms with E-state index < -0.39 is 0 Å². The lowest BCUT2D eigenvalue weighted by Gasteiger charge is -2.12. The summed E-state index contributed by atoms with van der Waals surface area (Å²) in [7, 11) is 0. The van der Waals surface area contributed by atoms with Gasteiger partial charge in [-0.05, 0) is 37.1 Å². The molecule has 0 saturated carbocycles. The van der Waals surface area contributed by atoms with Crippen LogP contribution < -0.4 is 5.32 Å². The van der Waals surface area contributed by atoms with E-state index in [1.807, 2.05) is 44.2 Å². The van der Waals surface area contributed by atoms with E-state index in [2.05, 4.69) is 5.32 Å². The molecule has 1 amide bonds. The number of amides is 1. The molecule has 2 aromatic rings. The van der Waals surface area contributed by atoms with Crippen LogP contribution in [0, 0.1) is 13.8 Å². The van der Waals surface area contributed by atoms with Gasteiger partial charge in [0.05, 0.1) is 5.69 Å². The standard InChI is InChI=1S/C17H17NO2/c1-11-9-15(16(10-12(11)2)18-13(3)19)17(20)14-7-5-4-6-8-14/h4-10H,1-3H3,(H,18,19). The molecular weight excluding hydrogens is 250 g/mol. The number of anilines is 1. The minimum absolute atomic E-state index is 0.0857. The van der Waals surface area contributed by atoms with Gasteiger partial charge in [-0.1, -0.05) is 30.3 Å². The lowest BCUT2D eigenvalue weighted by Crippen LogP contribution is -2.12. The fraction of sp³-hybridized carbons (Fsp3) is 0.176. The molecule has 0 aromatic heterocycles. The quantitative estimate of drug-likeness (QED) is 0.865. The number of carbonyl (C=O) groups excluding carboxylic acids is 2. The van der Waals surface area contributed by atoms with Crippen molar-refractivity contribution in [3.63, 3.8) is 0 Å². The summed E-state index contributed by atoms with van der Waals surface area (Å²) in [4.78, 5) is 23.9. The first-order chi connectivity index (χ1) is 9.49. The Labute approximate surface area is 118 Å². The van der Waals surface area contributed by atoms with Crippen molar-refractivity contribution in [3.8, 4) is 0 Å². The molecule has 3 heteroatoms. The Morgan fingerprint density at radius 3 is 2.15 bits per heavy atom. The molecule has 102 valence electrons. The monoisotopic (exact) mass is 267 g/mol. The van der Waals surface area contributed by atoms with Crippen LogP contribution in [0.2, 0.25) is 0 Å². The van der Waals surface area contributed by atoms with Crippen molar-refractivity contribution in [1.29, 1.82) is 0 Å². The van der Waals surface area contributed by atoms with Gasteiger partial charge in [-0.3, -0.25) is 9.59 Å². The molecule has 0 radical (unpaired) electrons. The second kappa shape index (κ2) is 5.70. The Bertz CT molecular complexity index is 660. The molecule has 0 aliphatic heterocycles. The van der Waals surface area contributed by atoms with Gasteiger partial charge in [0.1, 0.15) is 0 Å². The summed E-state index contributed by atoms with van der Waals surface area (Å²) in [5, 5.41) is 2.73. The maximum atomic E-state index is 12.6. The van der Waals surface area contributed by atoms with Crippen molar-refractivity contribution in [1.82, 2.24) is 0 Å². The second-order valence-corrected chi connectivity index (χ2v) is 4.86. The van der Waals surface area contributed by atoms with Crippen molar-refractivity contribution >= 4 is 17.4 Å². The normalized spacial score (nSPS) is 10.2. The third-order valence-electron chi connectivity index (χ3n) is 3.23. The first-order valence-corrected chi connectivity index (χ1v) is 6.47. The average molecular weight is 267 g/mol. The van der Waals surface area contributed by atoms with E-state index in [9.17, 15) is 9.59 Å². The molecule has 3 nitrogen and oxygen atoms in total. The van der Waals surface area contributed by atoms with Gasteiger partial charge in [0.15, 0.2) is 5.78 Å². The molecule has 0 aliphatic carbocycles. The summed E-state index contributed by atoms with van der Waals surface area (Å²) in [5.74, 6) is -0.271. The van der Waals surface area contributed by atoms with Gasteiger partial charge in [-0.15, -0.1) is 0 Å². The number of nitrogens with one attached hydrogen (secondary N) is 1. The molecular formula is C17H17NO2. The van der Waals surface area contributed by atoms with Crippen LogP contribution in [0.4, 0.5) is 5.69 Å². The molecule has 0 fully saturated rings. The summed E-state index contributed by atoms with van der Waals surface area (Å²) in [6, 6.07) is 12.7. The van der Waals surface area contributed by atoms with Crippen LogP contribution in [0.5, 0.6) is 0 Å². The minimum Gasteiger partial charge on any atom is -0.326 e. The third-order valence-corrected chi connectivity index (χ3v) is 3.23. The smallest absolute Gasteiger partial charge is 0.221 e. The lowest BCUT2D eigenvalue weighted by molar-refractivity contribution is -0.114. The molecule has 0 spiro atoms. The van der Waals surface area contributed by atoms with Crippen LogP contribution in [0.3, 0.4) is 0 Å². The van der Waals surface area contributed by atoms with Crippen molar-refractivity contribution in [3.05, 3.63) is 64.7 Å². The van der Waals surface area contributed by atoms with Crippen molar-refractivity contribution in [2.75, 3.05) is 5.32 Å². The third kappa shape index (κ3) is 2.94. The van der Waals surface area contributed by atoms with Gasteiger partial charge in [-0.25, -0.2) is 0 Å². The van der Waals surface area contributed by atoms with E-state index >= 15 is 0 Å². The molecule has 2 rings (SSSR count). The Balaban J connectivity index is 2.52. The lowest BCUT2D eigenvalue weighted by atomic mass is 9.97. The topological polar surface area (TPSA) is 46.2 Å². The highest BCUT2D eigenvalue weighted by Crippen LogP contribution is 2.24. The molecule has 0 atom stereocenters. The number of hydrogen-bond donors (Lipinski definition) is 1. The molecule has 0 saturated heterocycles. The molecule has 0 heterocycles. The molecule has 0 bridgehead atoms. The summed E-state index contributed by atoms with van der Waals surface area (Å²) in [5.41, 5.74) is 3.77. The van der Waals surface area contributed by atoms with Crippen LogP contribution >= 0.6 is 0 Å². The fourth-order valence-corrected chi connectivity index (χ4v) is 2.04. The minimum atomic E-state index is -0.185. The Morgan fingerprint density at radius 1 is 0.950 bits per heavy atom. The van der Waals surface area contributed by atoms with E-state index in [0.717, 1.165) is 11.1 Å². The summed E-state index contributed by atoms with van der Waals surface area (Å²) >= 11 is 0. The van der Waals surface area contributed by atoms with Crippen LogP contribution in [0.25, 0.3) is 0 Å². The maximum Gasteiger partial charge on any atom is 0.221 e. The Hall–Kier alpha value is -2.42. The molecule has 0 unspecified atom stereocenters.